The van der Waals surface area contributed by atoms with Crippen LogP contribution in [0.2, 0.25) is 5.02 Å². The Morgan fingerprint density at radius 1 is 0.970 bits per heavy atom. The van der Waals surface area contributed by atoms with E-state index >= 15 is 0 Å². The molecule has 4 aromatic rings. The minimum absolute atomic E-state index is 0.198. The largest absolute Gasteiger partial charge is 0.488 e. The SMILES string of the molecule is Cc1ccc(NC(=O)CO/N=C/c2c(OCc3ccc(Cl)cc3)ccc3ccccc23)cc1. The fourth-order valence-corrected chi connectivity index (χ4v) is 3.42. The lowest BCUT2D eigenvalue weighted by Gasteiger charge is -2.12. The van der Waals surface area contributed by atoms with Gasteiger partial charge in [0.2, 0.25) is 0 Å². The molecule has 1 amide bonds. The molecular formula is C27H23ClN2O3. The highest BCUT2D eigenvalue weighted by atomic mass is 35.5. The molecule has 0 atom stereocenters. The predicted octanol–water partition coefficient (Wildman–Crippen LogP) is 6.37. The minimum Gasteiger partial charge on any atom is -0.488 e. The molecule has 0 saturated carbocycles. The van der Waals surface area contributed by atoms with Gasteiger partial charge in [0.1, 0.15) is 12.4 Å². The number of ether oxygens (including phenoxy) is 1. The number of carbonyl (C=O) groups is 1. The van der Waals surface area contributed by atoms with Gasteiger partial charge in [-0.15, -0.1) is 0 Å². The van der Waals surface area contributed by atoms with E-state index in [2.05, 4.69) is 10.5 Å². The fourth-order valence-electron chi connectivity index (χ4n) is 3.30. The zero-order valence-electron chi connectivity index (χ0n) is 18.1. The van der Waals surface area contributed by atoms with E-state index in [0.29, 0.717) is 23.1 Å². The van der Waals surface area contributed by atoms with Gasteiger partial charge in [-0.05, 0) is 53.6 Å². The first kappa shape index (κ1) is 22.4. The van der Waals surface area contributed by atoms with Gasteiger partial charge < -0.3 is 14.9 Å². The van der Waals surface area contributed by atoms with E-state index in [-0.39, 0.29) is 12.5 Å². The molecule has 0 aromatic heterocycles. The molecule has 0 aliphatic rings. The molecule has 0 aliphatic carbocycles. The summed E-state index contributed by atoms with van der Waals surface area (Å²) in [5, 5.41) is 9.52. The number of rotatable bonds is 8. The summed E-state index contributed by atoms with van der Waals surface area (Å²) in [6, 6.07) is 26.9. The van der Waals surface area contributed by atoms with Crippen LogP contribution in [0.4, 0.5) is 5.69 Å². The smallest absolute Gasteiger partial charge is 0.265 e. The van der Waals surface area contributed by atoms with Gasteiger partial charge in [-0.1, -0.05) is 76.9 Å². The highest BCUT2D eigenvalue weighted by Gasteiger charge is 2.09. The van der Waals surface area contributed by atoms with Crippen molar-refractivity contribution in [3.63, 3.8) is 0 Å². The van der Waals surface area contributed by atoms with Crippen LogP contribution >= 0.6 is 11.6 Å². The number of anilines is 1. The van der Waals surface area contributed by atoms with E-state index in [4.69, 9.17) is 21.2 Å². The number of oxime groups is 1. The zero-order chi connectivity index (χ0) is 23.0. The van der Waals surface area contributed by atoms with Crippen molar-refractivity contribution in [3.05, 3.63) is 107 Å². The minimum atomic E-state index is -0.284. The van der Waals surface area contributed by atoms with E-state index in [0.717, 1.165) is 27.5 Å². The molecule has 0 radical (unpaired) electrons. The Hall–Kier alpha value is -3.83. The average molecular weight is 459 g/mol. The first-order valence-corrected chi connectivity index (χ1v) is 10.9. The lowest BCUT2D eigenvalue weighted by Crippen LogP contribution is -2.16. The lowest BCUT2D eigenvalue weighted by atomic mass is 10.0. The van der Waals surface area contributed by atoms with Gasteiger partial charge in [0.15, 0.2) is 6.61 Å². The number of carbonyl (C=O) groups excluding carboxylic acids is 1. The Labute approximate surface area is 197 Å². The molecule has 5 nitrogen and oxygen atoms in total. The van der Waals surface area contributed by atoms with Crippen LogP contribution in [0.15, 0.2) is 90.1 Å². The molecule has 6 heteroatoms. The third-order valence-corrected chi connectivity index (χ3v) is 5.28. The molecule has 0 saturated heterocycles. The second kappa shape index (κ2) is 10.7. The highest BCUT2D eigenvalue weighted by Crippen LogP contribution is 2.27. The fraction of sp³-hybridized carbons (Fsp3) is 0.111. The third kappa shape index (κ3) is 6.11. The van der Waals surface area contributed by atoms with Crippen LogP contribution in [-0.2, 0) is 16.2 Å². The van der Waals surface area contributed by atoms with Crippen LogP contribution in [0.25, 0.3) is 10.8 Å². The van der Waals surface area contributed by atoms with Crippen molar-refractivity contribution in [1.82, 2.24) is 0 Å². The lowest BCUT2D eigenvalue weighted by molar-refractivity contribution is -0.120. The number of halogens is 1. The standard InChI is InChI=1S/C27H23ClN2O3/c1-19-6-13-23(14-7-19)30-27(31)18-33-29-16-25-24-5-3-2-4-21(24)10-15-26(25)32-17-20-8-11-22(28)12-9-20/h2-16H,17-18H2,1H3,(H,30,31)/b29-16+. The number of nitrogens with zero attached hydrogens (tertiary/aromatic N) is 1. The van der Waals surface area contributed by atoms with Crippen molar-refractivity contribution in [1.29, 1.82) is 0 Å². The number of aryl methyl sites for hydroxylation is 1. The molecule has 0 unspecified atom stereocenters. The van der Waals surface area contributed by atoms with Crippen molar-refractivity contribution >= 4 is 40.2 Å². The highest BCUT2D eigenvalue weighted by molar-refractivity contribution is 6.30. The van der Waals surface area contributed by atoms with Crippen molar-refractivity contribution < 1.29 is 14.4 Å². The maximum Gasteiger partial charge on any atom is 0.265 e. The number of hydrogen-bond acceptors (Lipinski definition) is 4. The van der Waals surface area contributed by atoms with E-state index in [1.54, 1.807) is 6.21 Å². The summed E-state index contributed by atoms with van der Waals surface area (Å²) in [6.45, 7) is 2.18. The number of amides is 1. The van der Waals surface area contributed by atoms with Crippen LogP contribution in [0.5, 0.6) is 5.75 Å². The number of benzene rings is 4. The van der Waals surface area contributed by atoms with Crippen LogP contribution in [0.3, 0.4) is 0 Å². The van der Waals surface area contributed by atoms with E-state index in [1.165, 1.54) is 0 Å². The van der Waals surface area contributed by atoms with Gasteiger partial charge in [0, 0.05) is 16.3 Å². The number of nitrogens with one attached hydrogen (secondary N) is 1. The van der Waals surface area contributed by atoms with Crippen LogP contribution in [0.1, 0.15) is 16.7 Å². The Kier molecular flexibility index (Phi) is 7.22. The number of fused-ring (bicyclic) bond motifs is 1. The summed E-state index contributed by atoms with van der Waals surface area (Å²) < 4.78 is 6.07. The van der Waals surface area contributed by atoms with Gasteiger partial charge in [-0.25, -0.2) is 0 Å². The molecule has 4 rings (SSSR count). The van der Waals surface area contributed by atoms with Crippen molar-refractivity contribution in [2.24, 2.45) is 5.16 Å². The van der Waals surface area contributed by atoms with Crippen LogP contribution in [-0.4, -0.2) is 18.7 Å². The summed E-state index contributed by atoms with van der Waals surface area (Å²) >= 11 is 5.96. The second-order valence-electron chi connectivity index (χ2n) is 7.54. The van der Waals surface area contributed by atoms with E-state index in [9.17, 15) is 4.79 Å². The van der Waals surface area contributed by atoms with Crippen LogP contribution in [0, 0.1) is 6.92 Å². The van der Waals surface area contributed by atoms with Crippen molar-refractivity contribution in [2.75, 3.05) is 11.9 Å². The second-order valence-corrected chi connectivity index (χ2v) is 7.97. The Morgan fingerprint density at radius 3 is 2.52 bits per heavy atom. The van der Waals surface area contributed by atoms with Gasteiger partial charge in [0.25, 0.3) is 5.91 Å². The zero-order valence-corrected chi connectivity index (χ0v) is 18.9. The topological polar surface area (TPSA) is 59.9 Å². The molecule has 0 heterocycles. The Bertz CT molecular complexity index is 1270. The summed E-state index contributed by atoms with van der Waals surface area (Å²) in [5.41, 5.74) is 3.61. The predicted molar refractivity (Wildman–Crippen MR) is 133 cm³/mol. The van der Waals surface area contributed by atoms with Gasteiger partial charge in [-0.3, -0.25) is 4.79 Å². The Morgan fingerprint density at radius 2 is 1.73 bits per heavy atom. The number of hydrogen-bond donors (Lipinski definition) is 1. The molecule has 0 aliphatic heterocycles. The average Bonchev–Trinajstić information content (AvgIpc) is 2.83. The normalized spacial score (nSPS) is 11.0. The third-order valence-electron chi connectivity index (χ3n) is 5.03. The molecule has 0 fully saturated rings. The maximum absolute atomic E-state index is 12.1. The molecule has 1 N–H and O–H groups in total. The van der Waals surface area contributed by atoms with Gasteiger partial charge in [0.05, 0.1) is 6.21 Å². The summed E-state index contributed by atoms with van der Waals surface area (Å²) in [5.74, 6) is 0.383. The molecular weight excluding hydrogens is 436 g/mol. The van der Waals surface area contributed by atoms with E-state index < -0.39 is 0 Å². The Balaban J connectivity index is 1.45. The monoisotopic (exact) mass is 458 g/mol. The summed E-state index contributed by atoms with van der Waals surface area (Å²) in [4.78, 5) is 17.4. The summed E-state index contributed by atoms with van der Waals surface area (Å²) in [7, 11) is 0. The van der Waals surface area contributed by atoms with Crippen LogP contribution < -0.4 is 10.1 Å². The van der Waals surface area contributed by atoms with Crippen molar-refractivity contribution in [2.45, 2.75) is 13.5 Å². The van der Waals surface area contributed by atoms with Gasteiger partial charge in [-0.2, -0.15) is 0 Å². The summed E-state index contributed by atoms with van der Waals surface area (Å²) in [6.07, 6.45) is 1.58. The van der Waals surface area contributed by atoms with E-state index in [1.807, 2.05) is 91.9 Å². The van der Waals surface area contributed by atoms with Gasteiger partial charge >= 0.3 is 0 Å². The maximum atomic E-state index is 12.1. The molecule has 166 valence electrons. The molecule has 0 spiro atoms. The molecule has 0 bridgehead atoms. The molecule has 33 heavy (non-hydrogen) atoms. The quantitative estimate of drug-likeness (QED) is 0.246. The molecule has 4 aromatic carbocycles. The van der Waals surface area contributed by atoms with Crippen molar-refractivity contribution in [3.8, 4) is 5.75 Å². The first-order valence-electron chi connectivity index (χ1n) is 10.5. The first-order chi connectivity index (χ1) is 16.1.